The van der Waals surface area contributed by atoms with Crippen molar-refractivity contribution in [3.05, 3.63) is 60.2 Å². The molecule has 1 fully saturated rings. The fourth-order valence-corrected chi connectivity index (χ4v) is 4.35. The molecule has 3 N–H and O–H groups in total. The van der Waals surface area contributed by atoms with Crippen molar-refractivity contribution in [1.29, 1.82) is 0 Å². The van der Waals surface area contributed by atoms with Crippen molar-refractivity contribution in [2.45, 2.75) is 45.1 Å². The highest BCUT2D eigenvalue weighted by Gasteiger charge is 2.38. The van der Waals surface area contributed by atoms with Gasteiger partial charge in [-0.1, -0.05) is 67.9 Å². The number of nitrogens with one attached hydrogen (secondary N) is 1. The molecule has 0 spiro atoms. The quantitative estimate of drug-likeness (QED) is 0.566. The van der Waals surface area contributed by atoms with Gasteiger partial charge in [0.2, 0.25) is 5.91 Å². The molecule has 2 aromatic carbocycles. The number of benzene rings is 2. The molecule has 1 amide bonds. The topological polar surface area (TPSA) is 104 Å². The van der Waals surface area contributed by atoms with Crippen molar-refractivity contribution >= 4 is 17.8 Å². The lowest BCUT2D eigenvalue weighted by molar-refractivity contribution is -0.146. The van der Waals surface area contributed by atoms with E-state index >= 15 is 0 Å². The Balaban J connectivity index is 1.72. The van der Waals surface area contributed by atoms with Crippen LogP contribution in [0, 0.1) is 17.8 Å². The molecular formula is C25H29NO5. The van der Waals surface area contributed by atoms with E-state index in [1.807, 2.05) is 54.6 Å². The molecule has 3 rings (SSSR count). The van der Waals surface area contributed by atoms with Crippen LogP contribution in [0.4, 0.5) is 0 Å². The fourth-order valence-electron chi connectivity index (χ4n) is 4.35. The molecule has 0 heterocycles. The summed E-state index contributed by atoms with van der Waals surface area (Å²) in [4.78, 5) is 35.7. The number of carboxylic acid groups (broad SMARTS) is 2. The van der Waals surface area contributed by atoms with E-state index in [4.69, 9.17) is 0 Å². The summed E-state index contributed by atoms with van der Waals surface area (Å²) in [6.07, 6.45) is 2.54. The molecule has 1 aliphatic rings. The number of hydrogen-bond acceptors (Lipinski definition) is 3. The Labute approximate surface area is 182 Å². The molecule has 31 heavy (non-hydrogen) atoms. The van der Waals surface area contributed by atoms with Gasteiger partial charge in [-0.2, -0.15) is 0 Å². The summed E-state index contributed by atoms with van der Waals surface area (Å²) >= 11 is 0. The highest BCUT2D eigenvalue weighted by atomic mass is 16.4. The van der Waals surface area contributed by atoms with E-state index in [0.29, 0.717) is 25.7 Å². The molecule has 164 valence electrons. The molecule has 4 atom stereocenters. The lowest BCUT2D eigenvalue weighted by Crippen LogP contribution is -2.43. The van der Waals surface area contributed by atoms with Gasteiger partial charge in [-0.25, -0.2) is 0 Å². The number of carboxylic acids is 2. The van der Waals surface area contributed by atoms with Gasteiger partial charge in [0.05, 0.1) is 17.8 Å². The minimum absolute atomic E-state index is 0.284. The Morgan fingerprint density at radius 2 is 1.55 bits per heavy atom. The van der Waals surface area contributed by atoms with E-state index in [0.717, 1.165) is 16.7 Å². The first-order valence-corrected chi connectivity index (χ1v) is 10.8. The zero-order chi connectivity index (χ0) is 22.4. The van der Waals surface area contributed by atoms with Gasteiger partial charge < -0.3 is 15.5 Å². The maximum Gasteiger partial charge on any atom is 0.307 e. The number of aliphatic carboxylic acids is 2. The second-order valence-corrected chi connectivity index (χ2v) is 8.43. The molecule has 2 aromatic rings. The molecule has 1 saturated carbocycles. The highest BCUT2D eigenvalue weighted by Crippen LogP contribution is 2.32. The van der Waals surface area contributed by atoms with Crippen LogP contribution < -0.4 is 5.32 Å². The lowest BCUT2D eigenvalue weighted by atomic mass is 9.92. The summed E-state index contributed by atoms with van der Waals surface area (Å²) in [6, 6.07) is 17.6. The average Bonchev–Trinajstić information content (AvgIpc) is 3.25. The van der Waals surface area contributed by atoms with Crippen LogP contribution >= 0.6 is 0 Å². The van der Waals surface area contributed by atoms with Crippen LogP contribution in [0.5, 0.6) is 0 Å². The third-order valence-electron chi connectivity index (χ3n) is 6.12. The number of amides is 1. The van der Waals surface area contributed by atoms with Crippen molar-refractivity contribution in [2.75, 3.05) is 0 Å². The van der Waals surface area contributed by atoms with Crippen LogP contribution in [0.25, 0.3) is 11.1 Å². The number of carbonyl (C=O) groups is 3. The van der Waals surface area contributed by atoms with Gasteiger partial charge in [0.15, 0.2) is 0 Å². The van der Waals surface area contributed by atoms with E-state index in [9.17, 15) is 24.6 Å². The smallest absolute Gasteiger partial charge is 0.307 e. The van der Waals surface area contributed by atoms with Gasteiger partial charge >= 0.3 is 11.9 Å². The third-order valence-corrected chi connectivity index (χ3v) is 6.12. The molecule has 6 heteroatoms. The van der Waals surface area contributed by atoms with Gasteiger partial charge in [0.1, 0.15) is 0 Å². The zero-order valence-corrected chi connectivity index (χ0v) is 17.7. The lowest BCUT2D eigenvalue weighted by Gasteiger charge is -2.24. The second kappa shape index (κ2) is 10.2. The average molecular weight is 424 g/mol. The van der Waals surface area contributed by atoms with E-state index in [-0.39, 0.29) is 18.4 Å². The molecule has 6 nitrogen and oxygen atoms in total. The molecule has 0 aliphatic heterocycles. The first-order chi connectivity index (χ1) is 14.8. The normalized spacial score (nSPS) is 20.0. The molecule has 2 unspecified atom stereocenters. The molecule has 0 aromatic heterocycles. The van der Waals surface area contributed by atoms with Crippen molar-refractivity contribution in [1.82, 2.24) is 5.32 Å². The Morgan fingerprint density at radius 3 is 2.16 bits per heavy atom. The molecule has 0 bridgehead atoms. The van der Waals surface area contributed by atoms with Gasteiger partial charge in [-0.15, -0.1) is 0 Å². The minimum Gasteiger partial charge on any atom is -0.481 e. The van der Waals surface area contributed by atoms with Crippen LogP contribution in [-0.2, 0) is 20.8 Å². The summed E-state index contributed by atoms with van der Waals surface area (Å²) in [5.41, 5.74) is 3.18. The van der Waals surface area contributed by atoms with Crippen LogP contribution in [0.2, 0.25) is 0 Å². The maximum atomic E-state index is 12.8. The second-order valence-electron chi connectivity index (χ2n) is 8.43. The van der Waals surface area contributed by atoms with Crippen LogP contribution in [0.15, 0.2) is 54.6 Å². The van der Waals surface area contributed by atoms with E-state index in [1.165, 1.54) is 0 Å². The predicted octanol–water partition coefficient (Wildman–Crippen LogP) is 3.99. The standard InChI is InChI=1S/C25H29NO5/c1-16(24(28)29)14-20(26-23(27)21-8-5-9-22(21)25(30)31)15-17-10-12-19(13-11-17)18-6-3-2-4-7-18/h2-4,6-7,10-13,16,20-22H,5,8-9,14-15H2,1H3,(H,26,27)(H,28,29)(H,30,31)/t16?,20?,21-,22+/m0/s1. The van der Waals surface area contributed by atoms with Gasteiger partial charge in [0.25, 0.3) is 0 Å². The zero-order valence-electron chi connectivity index (χ0n) is 17.7. The third kappa shape index (κ3) is 5.94. The van der Waals surface area contributed by atoms with Gasteiger partial charge in [-0.3, -0.25) is 14.4 Å². The van der Waals surface area contributed by atoms with Gasteiger partial charge in [0, 0.05) is 6.04 Å². The number of rotatable bonds is 9. The Bertz CT molecular complexity index is 909. The van der Waals surface area contributed by atoms with E-state index in [2.05, 4.69) is 5.32 Å². The summed E-state index contributed by atoms with van der Waals surface area (Å²) < 4.78 is 0. The van der Waals surface area contributed by atoms with E-state index < -0.39 is 29.7 Å². The minimum atomic E-state index is -0.940. The summed E-state index contributed by atoms with van der Waals surface area (Å²) in [5.74, 6) is -3.98. The molecular weight excluding hydrogens is 394 g/mol. The maximum absolute atomic E-state index is 12.8. The summed E-state index contributed by atoms with van der Waals surface area (Å²) in [6.45, 7) is 1.62. The Kier molecular flexibility index (Phi) is 7.45. The van der Waals surface area contributed by atoms with Crippen molar-refractivity contribution in [3.8, 4) is 11.1 Å². The van der Waals surface area contributed by atoms with Crippen LogP contribution in [0.3, 0.4) is 0 Å². The first kappa shape index (κ1) is 22.5. The van der Waals surface area contributed by atoms with Gasteiger partial charge in [-0.05, 0) is 42.4 Å². The number of hydrogen-bond donors (Lipinski definition) is 3. The summed E-state index contributed by atoms with van der Waals surface area (Å²) in [5, 5.41) is 21.7. The largest absolute Gasteiger partial charge is 0.481 e. The van der Waals surface area contributed by atoms with Crippen LogP contribution in [0.1, 0.15) is 38.2 Å². The summed E-state index contributed by atoms with van der Waals surface area (Å²) in [7, 11) is 0. The van der Waals surface area contributed by atoms with Crippen LogP contribution in [-0.4, -0.2) is 34.1 Å². The Morgan fingerprint density at radius 1 is 0.935 bits per heavy atom. The predicted molar refractivity (Wildman–Crippen MR) is 117 cm³/mol. The molecule has 0 saturated heterocycles. The monoisotopic (exact) mass is 423 g/mol. The fraction of sp³-hybridized carbons (Fsp3) is 0.400. The van der Waals surface area contributed by atoms with Crippen molar-refractivity contribution in [2.24, 2.45) is 17.8 Å². The molecule has 0 radical (unpaired) electrons. The van der Waals surface area contributed by atoms with Crippen molar-refractivity contribution in [3.63, 3.8) is 0 Å². The SMILES string of the molecule is CC(CC(Cc1ccc(-c2ccccc2)cc1)NC(=O)[C@H]1CCC[C@H]1C(=O)O)C(=O)O. The highest BCUT2D eigenvalue weighted by molar-refractivity contribution is 5.85. The first-order valence-electron chi connectivity index (χ1n) is 10.8. The van der Waals surface area contributed by atoms with E-state index in [1.54, 1.807) is 6.92 Å². The Hall–Kier alpha value is -3.15. The van der Waals surface area contributed by atoms with Crippen molar-refractivity contribution < 1.29 is 24.6 Å². The molecule has 1 aliphatic carbocycles. The number of carbonyl (C=O) groups excluding carboxylic acids is 1.